The van der Waals surface area contributed by atoms with Crippen molar-refractivity contribution in [3.8, 4) is 22.1 Å². The Morgan fingerprint density at radius 1 is 0.820 bits per heavy atom. The highest BCUT2D eigenvalue weighted by Crippen LogP contribution is 2.37. The molecule has 3 amide bonds. The first kappa shape index (κ1) is 42.9. The molecule has 0 radical (unpaired) electrons. The number of pyridine rings is 1. The SMILES string of the molecule is CCN(CC)c1ccc2nc3c4ccccc4c(=NCCCCCCNC(=O)c4cc(Oc5ccc(NC(=O)Nc6ccc(Cl)c(C(F)(F)F)c6)cc5)ccn4)cc-3sc2c1. The Morgan fingerprint density at radius 3 is 2.33 bits per heavy atom. The third-order valence-electron chi connectivity index (χ3n) is 9.98. The zero-order valence-electron chi connectivity index (χ0n) is 33.5. The minimum atomic E-state index is -4.66. The van der Waals surface area contributed by atoms with Crippen molar-refractivity contribution in [2.45, 2.75) is 45.7 Å². The van der Waals surface area contributed by atoms with E-state index in [2.05, 4.69) is 82.1 Å². The van der Waals surface area contributed by atoms with Gasteiger partial charge in [0.1, 0.15) is 17.2 Å². The molecule has 61 heavy (non-hydrogen) atoms. The second-order valence-corrected chi connectivity index (χ2v) is 15.6. The molecule has 1 aromatic heterocycles. The van der Waals surface area contributed by atoms with Gasteiger partial charge in [-0.05, 0) is 99.5 Å². The largest absolute Gasteiger partial charge is 0.457 e. The molecular formula is C46H43ClF3N7O3S. The lowest BCUT2D eigenvalue weighted by Gasteiger charge is -2.21. The Labute approximate surface area is 359 Å². The predicted molar refractivity (Wildman–Crippen MR) is 238 cm³/mol. The zero-order chi connectivity index (χ0) is 42.9. The first-order valence-electron chi connectivity index (χ1n) is 20.0. The Bertz CT molecular complexity index is 2710. The number of hydrogen-bond acceptors (Lipinski definition) is 8. The van der Waals surface area contributed by atoms with E-state index in [0.717, 1.165) is 87.8 Å². The third kappa shape index (κ3) is 10.7. The molecule has 314 valence electrons. The maximum atomic E-state index is 13.2. The van der Waals surface area contributed by atoms with E-state index < -0.39 is 22.8 Å². The molecule has 1 aliphatic carbocycles. The van der Waals surface area contributed by atoms with Gasteiger partial charge >= 0.3 is 12.2 Å². The molecule has 0 fully saturated rings. The van der Waals surface area contributed by atoms with E-state index in [-0.39, 0.29) is 17.3 Å². The highest BCUT2D eigenvalue weighted by molar-refractivity contribution is 7.21. The normalized spacial score (nSPS) is 11.9. The fourth-order valence-electron chi connectivity index (χ4n) is 6.88. The summed E-state index contributed by atoms with van der Waals surface area (Å²) in [5, 5.41) is 10.6. The van der Waals surface area contributed by atoms with Crippen LogP contribution in [0, 0.1) is 0 Å². The summed E-state index contributed by atoms with van der Waals surface area (Å²) in [4.78, 5) is 43.1. The van der Waals surface area contributed by atoms with Crippen LogP contribution in [0.1, 0.15) is 55.6 Å². The summed E-state index contributed by atoms with van der Waals surface area (Å²) in [6, 6.07) is 28.9. The van der Waals surface area contributed by atoms with Crippen molar-refractivity contribution in [3.63, 3.8) is 0 Å². The molecule has 1 aliphatic heterocycles. The van der Waals surface area contributed by atoms with Crippen LogP contribution in [0.15, 0.2) is 114 Å². The maximum Gasteiger partial charge on any atom is 0.417 e. The highest BCUT2D eigenvalue weighted by atomic mass is 35.5. The van der Waals surface area contributed by atoms with Crippen molar-refractivity contribution in [2.24, 2.45) is 4.99 Å². The van der Waals surface area contributed by atoms with Gasteiger partial charge in [0, 0.05) is 66.3 Å². The summed E-state index contributed by atoms with van der Waals surface area (Å²) in [6.45, 7) is 7.44. The van der Waals surface area contributed by atoms with E-state index in [0.29, 0.717) is 30.3 Å². The minimum Gasteiger partial charge on any atom is -0.457 e. The number of halogens is 4. The maximum absolute atomic E-state index is 13.2. The lowest BCUT2D eigenvalue weighted by Crippen LogP contribution is -2.25. The summed E-state index contributed by atoms with van der Waals surface area (Å²) >= 11 is 7.41. The number of unbranched alkanes of at least 4 members (excludes halogenated alkanes) is 3. The molecule has 0 bridgehead atoms. The number of nitrogens with one attached hydrogen (secondary N) is 3. The number of fused-ring (bicyclic) bond motifs is 4. The average molecular weight is 866 g/mol. The topological polar surface area (TPSA) is 121 Å². The first-order chi connectivity index (χ1) is 29.5. The van der Waals surface area contributed by atoms with E-state index in [9.17, 15) is 22.8 Å². The summed E-state index contributed by atoms with van der Waals surface area (Å²) in [5.74, 6) is 0.497. The summed E-state index contributed by atoms with van der Waals surface area (Å²) < 4.78 is 46.6. The fraction of sp³-hybridized carbons (Fsp3) is 0.239. The molecule has 2 heterocycles. The van der Waals surface area contributed by atoms with Crippen LogP contribution in [-0.2, 0) is 6.18 Å². The van der Waals surface area contributed by atoms with Gasteiger partial charge in [-0.25, -0.2) is 9.78 Å². The minimum absolute atomic E-state index is 0.0711. The van der Waals surface area contributed by atoms with Crippen molar-refractivity contribution < 1.29 is 27.5 Å². The third-order valence-corrected chi connectivity index (χ3v) is 11.4. The van der Waals surface area contributed by atoms with Crippen molar-refractivity contribution in [1.82, 2.24) is 15.3 Å². The van der Waals surface area contributed by atoms with Gasteiger partial charge in [-0.15, -0.1) is 11.3 Å². The molecule has 0 atom stereocenters. The van der Waals surface area contributed by atoms with Crippen LogP contribution in [0.5, 0.6) is 11.5 Å². The number of amides is 3. The average Bonchev–Trinajstić information content (AvgIpc) is 3.25. The van der Waals surface area contributed by atoms with E-state index in [1.54, 1.807) is 41.7 Å². The van der Waals surface area contributed by atoms with Gasteiger partial charge in [0.15, 0.2) is 0 Å². The van der Waals surface area contributed by atoms with Gasteiger partial charge in [-0.1, -0.05) is 48.7 Å². The Hall–Kier alpha value is -6.25. The molecular weight excluding hydrogens is 823 g/mol. The first-order valence-corrected chi connectivity index (χ1v) is 21.2. The number of alkyl halides is 3. The molecule has 0 saturated carbocycles. The zero-order valence-corrected chi connectivity index (χ0v) is 35.1. The molecule has 15 heteroatoms. The van der Waals surface area contributed by atoms with Crippen LogP contribution < -0.4 is 30.9 Å². The number of nitrogens with zero attached hydrogens (tertiary/aromatic N) is 4. The number of carbonyl (C=O) groups is 2. The lowest BCUT2D eigenvalue weighted by molar-refractivity contribution is -0.137. The van der Waals surface area contributed by atoms with Gasteiger partial charge in [0.05, 0.1) is 36.7 Å². The molecule has 10 nitrogen and oxygen atoms in total. The van der Waals surface area contributed by atoms with Crippen LogP contribution in [0.3, 0.4) is 0 Å². The number of hydrogen-bond donors (Lipinski definition) is 3. The summed E-state index contributed by atoms with van der Waals surface area (Å²) in [7, 11) is 0. The Balaban J connectivity index is 0.868. The Kier molecular flexibility index (Phi) is 13.6. The number of anilines is 3. The predicted octanol–water partition coefficient (Wildman–Crippen LogP) is 11.8. The van der Waals surface area contributed by atoms with Crippen molar-refractivity contribution >= 4 is 72.9 Å². The highest BCUT2D eigenvalue weighted by Gasteiger charge is 2.33. The molecule has 3 N–H and O–H groups in total. The number of benzene rings is 5. The number of carbonyl (C=O) groups excluding carboxylic acids is 2. The lowest BCUT2D eigenvalue weighted by atomic mass is 10.1. The van der Waals surface area contributed by atoms with E-state index in [1.807, 2.05) is 6.07 Å². The van der Waals surface area contributed by atoms with Crippen molar-refractivity contribution in [1.29, 1.82) is 0 Å². The molecule has 4 aromatic carbocycles. The Morgan fingerprint density at radius 2 is 1.56 bits per heavy atom. The summed E-state index contributed by atoms with van der Waals surface area (Å²) in [5.41, 5.74) is 2.65. The molecule has 7 rings (SSSR count). The van der Waals surface area contributed by atoms with E-state index in [4.69, 9.17) is 26.3 Å². The van der Waals surface area contributed by atoms with Gasteiger partial charge in [0.2, 0.25) is 0 Å². The number of aromatic nitrogens is 2. The standard InChI is InChI=1S/C46H43ClF3N7O3S/c1-3-57(4-2)31-16-20-38-41(26-31)61-42-28-39(34-11-7-8-12-35(34)43(42)56-38)51-22-9-5-6-10-23-53-44(58)40-27-33(21-24-52-40)60-32-17-13-29(14-18-32)54-45(59)55-30-15-19-37(47)36(25-30)46(48,49)50/h7-8,11-21,24-28H,3-6,9-10,22-23H2,1-2H3,(H,53,58)(H2,54,55,59). The molecule has 0 unspecified atom stereocenters. The number of urea groups is 1. The van der Waals surface area contributed by atoms with Crippen LogP contribution in [0.25, 0.3) is 31.6 Å². The second-order valence-electron chi connectivity index (χ2n) is 14.2. The van der Waals surface area contributed by atoms with Crippen LogP contribution >= 0.6 is 22.9 Å². The van der Waals surface area contributed by atoms with Crippen molar-refractivity contribution in [3.05, 3.63) is 131 Å². The fourth-order valence-corrected chi connectivity index (χ4v) is 8.16. The molecule has 0 spiro atoms. The van der Waals surface area contributed by atoms with Gasteiger partial charge in [-0.2, -0.15) is 13.2 Å². The number of ether oxygens (including phenoxy) is 1. The van der Waals surface area contributed by atoms with Gasteiger partial charge in [0.25, 0.3) is 5.91 Å². The van der Waals surface area contributed by atoms with Gasteiger partial charge < -0.3 is 25.6 Å². The van der Waals surface area contributed by atoms with Crippen LogP contribution in [0.4, 0.5) is 35.0 Å². The molecule has 0 saturated heterocycles. The van der Waals surface area contributed by atoms with E-state index in [1.165, 1.54) is 24.0 Å². The summed E-state index contributed by atoms with van der Waals surface area (Å²) in [6.07, 6.45) is 0.459. The van der Waals surface area contributed by atoms with Crippen LogP contribution in [0.2, 0.25) is 5.02 Å². The number of rotatable bonds is 15. The second kappa shape index (κ2) is 19.4. The van der Waals surface area contributed by atoms with Crippen LogP contribution in [-0.4, -0.2) is 48.1 Å². The van der Waals surface area contributed by atoms with Gasteiger partial charge in [-0.3, -0.25) is 14.8 Å². The smallest absolute Gasteiger partial charge is 0.417 e. The molecule has 2 aliphatic rings. The van der Waals surface area contributed by atoms with Crippen molar-refractivity contribution in [2.75, 3.05) is 41.7 Å². The molecule has 5 aromatic rings. The quantitative estimate of drug-likeness (QED) is 0.0536. The monoisotopic (exact) mass is 865 g/mol. The van der Waals surface area contributed by atoms with E-state index >= 15 is 0 Å².